The molecule has 0 fully saturated rings. The second-order valence-corrected chi connectivity index (χ2v) is 5.92. The van der Waals surface area contributed by atoms with Gasteiger partial charge in [-0.25, -0.2) is 0 Å². The Morgan fingerprint density at radius 1 is 1.36 bits per heavy atom. The highest BCUT2D eigenvalue weighted by Gasteiger charge is 2.23. The van der Waals surface area contributed by atoms with Crippen LogP contribution in [0.4, 0.5) is 5.82 Å². The minimum Gasteiger partial charge on any atom is -0.358 e. The number of aromatic nitrogens is 5. The molecule has 1 atom stereocenters. The molecule has 8 nitrogen and oxygen atoms in total. The Morgan fingerprint density at radius 3 is 2.91 bits per heavy atom. The first-order valence-corrected chi connectivity index (χ1v) is 7.67. The van der Waals surface area contributed by atoms with Crippen LogP contribution in [0.15, 0.2) is 6.07 Å². The molecule has 8 heteroatoms. The van der Waals surface area contributed by atoms with Crippen LogP contribution in [-0.2, 0) is 19.5 Å². The van der Waals surface area contributed by atoms with Crippen LogP contribution < -0.4 is 0 Å². The number of hydrogen-bond donors (Lipinski definition) is 0. The lowest BCUT2D eigenvalue weighted by Gasteiger charge is -2.12. The van der Waals surface area contributed by atoms with E-state index in [0.29, 0.717) is 6.54 Å². The van der Waals surface area contributed by atoms with E-state index in [4.69, 9.17) is 0 Å². The predicted molar refractivity (Wildman–Crippen MR) is 79.6 cm³/mol. The number of fused-ring (bicyclic) bond motifs is 1. The highest BCUT2D eigenvalue weighted by atomic mass is 16.6. The minimum absolute atomic E-state index is 0.107. The molecule has 0 spiro atoms. The Hall–Kier alpha value is -2.25. The molecule has 0 aromatic carbocycles. The summed E-state index contributed by atoms with van der Waals surface area (Å²) in [4.78, 5) is 10.4. The first kappa shape index (κ1) is 14.7. The monoisotopic (exact) mass is 304 g/mol. The molecule has 118 valence electrons. The molecule has 3 heterocycles. The van der Waals surface area contributed by atoms with Crippen molar-refractivity contribution in [2.24, 2.45) is 0 Å². The zero-order chi connectivity index (χ0) is 15.7. The summed E-state index contributed by atoms with van der Waals surface area (Å²) in [5.41, 5.74) is 0.786. The second kappa shape index (κ2) is 5.86. The third-order valence-corrected chi connectivity index (χ3v) is 4.18. The van der Waals surface area contributed by atoms with Gasteiger partial charge in [0.1, 0.15) is 11.6 Å². The summed E-state index contributed by atoms with van der Waals surface area (Å²) < 4.78 is 3.89. The molecule has 2 aromatic heterocycles. The van der Waals surface area contributed by atoms with E-state index in [1.54, 1.807) is 4.68 Å². The first-order chi connectivity index (χ1) is 10.6. The highest BCUT2D eigenvalue weighted by molar-refractivity contribution is 5.21. The van der Waals surface area contributed by atoms with Gasteiger partial charge in [-0.1, -0.05) is 13.3 Å². The van der Waals surface area contributed by atoms with Crippen LogP contribution >= 0.6 is 0 Å². The summed E-state index contributed by atoms with van der Waals surface area (Å²) in [7, 11) is 0. The number of nitro groups is 1. The molecular formula is C14H20N6O2. The summed E-state index contributed by atoms with van der Waals surface area (Å²) in [6, 6.07) is 1.50. The Kier molecular flexibility index (Phi) is 3.91. The molecule has 1 aliphatic heterocycles. The second-order valence-electron chi connectivity index (χ2n) is 5.92. The smallest absolute Gasteiger partial charge is 0.358 e. The number of hydrogen-bond acceptors (Lipinski definition) is 5. The van der Waals surface area contributed by atoms with Crippen molar-refractivity contribution in [1.29, 1.82) is 0 Å². The van der Waals surface area contributed by atoms with Gasteiger partial charge in [0.2, 0.25) is 0 Å². The van der Waals surface area contributed by atoms with Crippen molar-refractivity contribution in [1.82, 2.24) is 24.5 Å². The summed E-state index contributed by atoms with van der Waals surface area (Å²) in [6.45, 7) is 5.42. The van der Waals surface area contributed by atoms with Gasteiger partial charge in [-0.3, -0.25) is 0 Å². The van der Waals surface area contributed by atoms with Gasteiger partial charge in [0, 0.05) is 18.9 Å². The zero-order valence-corrected chi connectivity index (χ0v) is 12.9. The molecule has 3 rings (SSSR count). The third kappa shape index (κ3) is 2.72. The van der Waals surface area contributed by atoms with E-state index in [2.05, 4.69) is 26.8 Å². The minimum atomic E-state index is -0.461. The summed E-state index contributed by atoms with van der Waals surface area (Å²) in [6.07, 6.45) is 4.52. The van der Waals surface area contributed by atoms with Gasteiger partial charge in [0.25, 0.3) is 0 Å². The molecule has 0 radical (unpaired) electrons. The van der Waals surface area contributed by atoms with E-state index in [1.165, 1.54) is 12.5 Å². The van der Waals surface area contributed by atoms with Crippen molar-refractivity contribution in [3.05, 3.63) is 33.5 Å². The Balaban J connectivity index is 1.81. The largest absolute Gasteiger partial charge is 0.390 e. The Bertz CT molecular complexity index is 690. The van der Waals surface area contributed by atoms with Crippen molar-refractivity contribution in [2.75, 3.05) is 0 Å². The standard InChI is InChI=1S/C14H20N6O2/c1-10(9-19-11(2)8-13(17-19)20(21)22)14-16-15-12-6-4-3-5-7-18(12)14/h8,10H,3-7,9H2,1-2H3/t10-/m1/s1. The molecule has 0 saturated carbocycles. The highest BCUT2D eigenvalue weighted by Crippen LogP contribution is 2.22. The molecule has 0 saturated heterocycles. The summed E-state index contributed by atoms with van der Waals surface area (Å²) >= 11 is 0. The molecule has 22 heavy (non-hydrogen) atoms. The molecule has 1 aliphatic rings. The van der Waals surface area contributed by atoms with E-state index in [0.717, 1.165) is 43.1 Å². The van der Waals surface area contributed by atoms with Gasteiger partial charge in [-0.05, 0) is 24.7 Å². The number of nitrogens with zero attached hydrogens (tertiary/aromatic N) is 6. The molecular weight excluding hydrogens is 284 g/mol. The van der Waals surface area contributed by atoms with E-state index in [-0.39, 0.29) is 11.7 Å². The van der Waals surface area contributed by atoms with Gasteiger partial charge in [-0.2, -0.15) is 4.68 Å². The van der Waals surface area contributed by atoms with Crippen LogP contribution in [0, 0.1) is 17.0 Å². The Morgan fingerprint density at radius 2 is 2.18 bits per heavy atom. The fourth-order valence-electron chi connectivity index (χ4n) is 2.98. The summed E-state index contributed by atoms with van der Waals surface area (Å²) in [5.74, 6) is 2.01. The van der Waals surface area contributed by atoms with E-state index in [1.807, 2.05) is 6.92 Å². The van der Waals surface area contributed by atoms with Crippen LogP contribution in [-0.4, -0.2) is 29.5 Å². The van der Waals surface area contributed by atoms with Crippen LogP contribution in [0.5, 0.6) is 0 Å². The zero-order valence-electron chi connectivity index (χ0n) is 12.9. The van der Waals surface area contributed by atoms with E-state index < -0.39 is 4.92 Å². The van der Waals surface area contributed by atoms with Crippen LogP contribution in [0.3, 0.4) is 0 Å². The molecule has 0 aliphatic carbocycles. The van der Waals surface area contributed by atoms with Crippen molar-refractivity contribution in [3.63, 3.8) is 0 Å². The van der Waals surface area contributed by atoms with E-state index in [9.17, 15) is 10.1 Å². The molecule has 0 unspecified atom stereocenters. The topological polar surface area (TPSA) is 91.7 Å². The number of aryl methyl sites for hydroxylation is 2. The van der Waals surface area contributed by atoms with Crippen molar-refractivity contribution in [2.45, 2.75) is 58.5 Å². The molecule has 0 amide bonds. The van der Waals surface area contributed by atoms with Crippen molar-refractivity contribution < 1.29 is 4.92 Å². The van der Waals surface area contributed by atoms with Gasteiger partial charge in [0.15, 0.2) is 0 Å². The number of rotatable bonds is 4. The van der Waals surface area contributed by atoms with Crippen LogP contribution in [0.1, 0.15) is 49.4 Å². The lowest BCUT2D eigenvalue weighted by atomic mass is 10.1. The maximum atomic E-state index is 10.8. The van der Waals surface area contributed by atoms with Gasteiger partial charge < -0.3 is 14.7 Å². The predicted octanol–water partition coefficient (Wildman–Crippen LogP) is 2.22. The van der Waals surface area contributed by atoms with Gasteiger partial charge in [-0.15, -0.1) is 10.2 Å². The first-order valence-electron chi connectivity index (χ1n) is 7.67. The van der Waals surface area contributed by atoms with Gasteiger partial charge >= 0.3 is 5.82 Å². The maximum Gasteiger partial charge on any atom is 0.390 e. The maximum absolute atomic E-state index is 10.8. The van der Waals surface area contributed by atoms with Crippen molar-refractivity contribution >= 4 is 5.82 Å². The lowest BCUT2D eigenvalue weighted by Crippen LogP contribution is -2.15. The molecule has 0 N–H and O–H groups in total. The van der Waals surface area contributed by atoms with Gasteiger partial charge in [0.05, 0.1) is 23.4 Å². The van der Waals surface area contributed by atoms with Crippen LogP contribution in [0.25, 0.3) is 0 Å². The normalized spacial score (nSPS) is 16.1. The molecule has 0 bridgehead atoms. The van der Waals surface area contributed by atoms with Crippen LogP contribution in [0.2, 0.25) is 0 Å². The third-order valence-electron chi connectivity index (χ3n) is 4.18. The molecule has 2 aromatic rings. The quantitative estimate of drug-likeness (QED) is 0.638. The summed E-state index contributed by atoms with van der Waals surface area (Å²) in [5, 5.41) is 23.5. The lowest BCUT2D eigenvalue weighted by molar-refractivity contribution is -0.389. The fourth-order valence-corrected chi connectivity index (χ4v) is 2.98. The average molecular weight is 304 g/mol. The Labute approximate surface area is 128 Å². The fraction of sp³-hybridized carbons (Fsp3) is 0.643. The van der Waals surface area contributed by atoms with E-state index >= 15 is 0 Å². The van der Waals surface area contributed by atoms with Crippen molar-refractivity contribution in [3.8, 4) is 0 Å². The SMILES string of the molecule is Cc1cc([N+](=O)[O-])nn1C[C@@H](C)c1nnc2n1CCCCC2. The average Bonchev–Trinajstić information content (AvgIpc) is 2.96.